The zero-order valence-electron chi connectivity index (χ0n) is 27.2. The Hall–Kier alpha value is -4.26. The highest BCUT2D eigenvalue weighted by Crippen LogP contribution is 2.34. The smallest absolute Gasteiger partial charge is 0.343 e. The van der Waals surface area contributed by atoms with Crippen LogP contribution in [0.25, 0.3) is 0 Å². The average Bonchev–Trinajstić information content (AvgIpc) is 2.97. The second kappa shape index (κ2) is 15.5. The van der Waals surface area contributed by atoms with Gasteiger partial charge in [0.2, 0.25) is 0 Å². The molecule has 0 spiro atoms. The molecule has 0 aliphatic carbocycles. The maximum absolute atomic E-state index is 12.7. The van der Waals surface area contributed by atoms with Crippen LogP contribution in [0.4, 0.5) is 11.4 Å². The van der Waals surface area contributed by atoms with E-state index in [4.69, 9.17) is 14.2 Å². The topological polar surface area (TPSA) is 86.5 Å². The van der Waals surface area contributed by atoms with E-state index in [1.807, 2.05) is 0 Å². The van der Waals surface area contributed by atoms with Crippen LogP contribution < -0.4 is 9.47 Å². The molecule has 0 aliphatic rings. The van der Waals surface area contributed by atoms with E-state index < -0.39 is 5.97 Å². The lowest BCUT2D eigenvalue weighted by atomic mass is 9.80. The van der Waals surface area contributed by atoms with Gasteiger partial charge in [-0.2, -0.15) is 10.2 Å². The fourth-order valence-electron chi connectivity index (χ4n) is 4.12. The summed E-state index contributed by atoms with van der Waals surface area (Å²) in [6.07, 6.45) is 3.62. The normalized spacial score (nSPS) is 11.8. The molecule has 234 valence electrons. The molecule has 0 atom stereocenters. The van der Waals surface area contributed by atoms with Gasteiger partial charge in [0, 0.05) is 5.57 Å². The Bertz CT molecular complexity index is 1410. The molecular weight excluding hydrogens is 552 g/mol. The zero-order chi connectivity index (χ0) is 32.3. The summed E-state index contributed by atoms with van der Waals surface area (Å²) in [5, 5.41) is 8.93. The molecule has 0 aliphatic heterocycles. The Morgan fingerprint density at radius 1 is 0.682 bits per heavy atom. The molecule has 0 unspecified atom stereocenters. The first-order valence-corrected chi connectivity index (χ1v) is 15.2. The molecule has 3 aromatic carbocycles. The fourth-order valence-corrected chi connectivity index (χ4v) is 4.12. The van der Waals surface area contributed by atoms with Crippen molar-refractivity contribution in [2.75, 3.05) is 13.2 Å². The predicted molar refractivity (Wildman–Crippen MR) is 176 cm³/mol. The molecule has 0 aromatic heterocycles. The molecule has 0 saturated carbocycles. The summed E-state index contributed by atoms with van der Waals surface area (Å²) < 4.78 is 16.4. The first-order valence-electron chi connectivity index (χ1n) is 15.2. The summed E-state index contributed by atoms with van der Waals surface area (Å²) in [5.41, 5.74) is 4.74. The van der Waals surface area contributed by atoms with Gasteiger partial charge in [0.05, 0.1) is 30.2 Å². The third-order valence-electron chi connectivity index (χ3n) is 6.96. The van der Waals surface area contributed by atoms with Crippen molar-refractivity contribution in [3.8, 4) is 11.5 Å². The van der Waals surface area contributed by atoms with Gasteiger partial charge in [0.1, 0.15) is 11.5 Å². The minimum atomic E-state index is -0.452. The van der Waals surface area contributed by atoms with Gasteiger partial charge in [-0.1, -0.05) is 54.2 Å². The van der Waals surface area contributed by atoms with Crippen molar-refractivity contribution in [1.82, 2.24) is 0 Å². The van der Waals surface area contributed by atoms with Gasteiger partial charge in [-0.05, 0) is 115 Å². The van der Waals surface area contributed by atoms with Crippen LogP contribution in [0.3, 0.4) is 0 Å². The lowest BCUT2D eigenvalue weighted by molar-refractivity contribution is -0.139. The number of esters is 2. The second-order valence-electron chi connectivity index (χ2n) is 13.1. The van der Waals surface area contributed by atoms with E-state index in [9.17, 15) is 9.59 Å². The Morgan fingerprint density at radius 3 is 1.75 bits per heavy atom. The van der Waals surface area contributed by atoms with Crippen LogP contribution in [0.2, 0.25) is 0 Å². The van der Waals surface area contributed by atoms with Crippen LogP contribution in [0, 0.1) is 0 Å². The fraction of sp³-hybridized carbons (Fsp3) is 0.405. The van der Waals surface area contributed by atoms with Gasteiger partial charge >= 0.3 is 11.9 Å². The maximum atomic E-state index is 12.7. The lowest BCUT2D eigenvalue weighted by Crippen LogP contribution is -2.16. The van der Waals surface area contributed by atoms with E-state index in [1.54, 1.807) is 55.5 Å². The minimum Gasteiger partial charge on any atom is -0.494 e. The molecule has 7 heteroatoms. The standard InChI is InChI=1S/C37H46N2O5/c1-26(2)34(40)43-22-12-10-9-11-21-42-32-17-13-27(14-18-32)35(41)44-33-19-15-30(16-20-33)38-39-31-24-28(36(3,4)5)23-29(25-31)37(6,7)8/h13-20,23-25H,1,9-12,21-22H2,2-8H3. The number of unbranched alkanes of at least 4 members (excludes halogenated alkanes) is 3. The summed E-state index contributed by atoms with van der Waals surface area (Å²) >= 11 is 0. The number of azo groups is 1. The minimum absolute atomic E-state index is 0.00363. The van der Waals surface area contributed by atoms with Crippen molar-refractivity contribution in [3.63, 3.8) is 0 Å². The molecule has 7 nitrogen and oxygen atoms in total. The number of benzene rings is 3. The van der Waals surface area contributed by atoms with E-state index in [1.165, 1.54) is 11.1 Å². The number of ether oxygens (including phenoxy) is 3. The molecule has 3 aromatic rings. The van der Waals surface area contributed by atoms with Crippen LogP contribution in [-0.4, -0.2) is 25.2 Å². The van der Waals surface area contributed by atoms with Gasteiger partial charge in [-0.15, -0.1) is 0 Å². The third-order valence-corrected chi connectivity index (χ3v) is 6.96. The number of carbonyl (C=O) groups excluding carboxylic acids is 2. The van der Waals surface area contributed by atoms with E-state index in [0.29, 0.717) is 41.5 Å². The highest BCUT2D eigenvalue weighted by Gasteiger charge is 2.20. The van der Waals surface area contributed by atoms with Crippen LogP contribution >= 0.6 is 0 Å². The maximum Gasteiger partial charge on any atom is 0.343 e. The Morgan fingerprint density at radius 2 is 1.20 bits per heavy atom. The SMILES string of the molecule is C=C(C)C(=O)OCCCCCCOc1ccc(C(=O)Oc2ccc(N=Nc3cc(C(C)(C)C)cc(C(C)(C)C)c3)cc2)cc1. The number of rotatable bonds is 13. The van der Waals surface area contributed by atoms with E-state index in [2.05, 4.69) is 76.5 Å². The van der Waals surface area contributed by atoms with Crippen molar-refractivity contribution in [3.05, 3.63) is 95.6 Å². The van der Waals surface area contributed by atoms with Crippen LogP contribution in [0.1, 0.15) is 95.6 Å². The highest BCUT2D eigenvalue weighted by molar-refractivity contribution is 5.91. The van der Waals surface area contributed by atoms with Crippen LogP contribution in [0.15, 0.2) is 89.1 Å². The summed E-state index contributed by atoms with van der Waals surface area (Å²) in [4.78, 5) is 24.0. The first kappa shape index (κ1) is 34.2. The highest BCUT2D eigenvalue weighted by atomic mass is 16.5. The Balaban J connectivity index is 1.47. The summed E-state index contributed by atoms with van der Waals surface area (Å²) in [7, 11) is 0. The Kier molecular flexibility index (Phi) is 12.0. The third kappa shape index (κ3) is 11.1. The van der Waals surface area contributed by atoms with Crippen molar-refractivity contribution < 1.29 is 23.8 Å². The van der Waals surface area contributed by atoms with E-state index in [-0.39, 0.29) is 16.8 Å². The number of hydrogen-bond donors (Lipinski definition) is 0. The first-order chi connectivity index (χ1) is 20.7. The average molecular weight is 599 g/mol. The monoisotopic (exact) mass is 598 g/mol. The molecule has 0 heterocycles. The molecule has 0 fully saturated rings. The van der Waals surface area contributed by atoms with Gasteiger partial charge in [0.25, 0.3) is 0 Å². The molecule has 0 N–H and O–H groups in total. The van der Waals surface area contributed by atoms with Crippen LogP contribution in [-0.2, 0) is 20.4 Å². The predicted octanol–water partition coefficient (Wildman–Crippen LogP) is 9.97. The molecule has 0 radical (unpaired) electrons. The van der Waals surface area contributed by atoms with Crippen molar-refractivity contribution in [2.24, 2.45) is 10.2 Å². The molecule has 3 rings (SSSR count). The van der Waals surface area contributed by atoms with Crippen molar-refractivity contribution in [2.45, 2.75) is 85.0 Å². The second-order valence-corrected chi connectivity index (χ2v) is 13.1. The summed E-state index contributed by atoms with van der Waals surface area (Å²) in [6, 6.07) is 20.3. The lowest BCUT2D eigenvalue weighted by Gasteiger charge is -2.25. The molecule has 0 saturated heterocycles. The molecular formula is C37H46N2O5. The Labute approximate surface area is 262 Å². The van der Waals surface area contributed by atoms with Gasteiger partial charge in [-0.25, -0.2) is 9.59 Å². The van der Waals surface area contributed by atoms with E-state index in [0.717, 1.165) is 31.4 Å². The summed E-state index contributed by atoms with van der Waals surface area (Å²) in [5.74, 6) is 0.319. The van der Waals surface area contributed by atoms with Gasteiger partial charge in [-0.3, -0.25) is 0 Å². The van der Waals surface area contributed by atoms with Crippen molar-refractivity contribution >= 4 is 23.3 Å². The summed E-state index contributed by atoms with van der Waals surface area (Å²) in [6.45, 7) is 19.3. The van der Waals surface area contributed by atoms with Gasteiger partial charge < -0.3 is 14.2 Å². The quantitative estimate of drug-likeness (QED) is 0.0642. The van der Waals surface area contributed by atoms with Crippen molar-refractivity contribution in [1.29, 1.82) is 0 Å². The zero-order valence-corrected chi connectivity index (χ0v) is 27.2. The number of hydrogen-bond acceptors (Lipinski definition) is 7. The molecule has 0 amide bonds. The largest absolute Gasteiger partial charge is 0.494 e. The van der Waals surface area contributed by atoms with Crippen LogP contribution in [0.5, 0.6) is 11.5 Å². The van der Waals surface area contributed by atoms with E-state index >= 15 is 0 Å². The number of carbonyl (C=O) groups is 2. The van der Waals surface area contributed by atoms with Gasteiger partial charge in [0.15, 0.2) is 0 Å². The molecule has 44 heavy (non-hydrogen) atoms. The number of nitrogens with zero attached hydrogens (tertiary/aromatic N) is 2. The molecule has 0 bridgehead atoms.